The van der Waals surface area contributed by atoms with Gasteiger partial charge in [-0.15, -0.1) is 0 Å². The van der Waals surface area contributed by atoms with Crippen LogP contribution in [0.1, 0.15) is 51.9 Å². The summed E-state index contributed by atoms with van der Waals surface area (Å²) >= 11 is 0. The molecule has 0 amide bonds. The number of rotatable bonds is 6. The van der Waals surface area contributed by atoms with Crippen molar-refractivity contribution in [3.8, 4) is 0 Å². The largest absolute Gasteiger partial charge is 0.464 e. The summed E-state index contributed by atoms with van der Waals surface area (Å²) in [5.74, 6) is -0.105. The Morgan fingerprint density at radius 2 is 2.20 bits per heavy atom. The first kappa shape index (κ1) is 12.5. The van der Waals surface area contributed by atoms with Gasteiger partial charge < -0.3 is 4.74 Å². The van der Waals surface area contributed by atoms with Gasteiger partial charge in [-0.2, -0.15) is 0 Å². The van der Waals surface area contributed by atoms with Crippen LogP contribution in [0.25, 0.3) is 0 Å². The SMILES string of the molecule is CCCCCCOC(=O)C1CCCC[N]1. The van der Waals surface area contributed by atoms with E-state index in [-0.39, 0.29) is 12.0 Å². The number of hydrogen-bond acceptors (Lipinski definition) is 2. The first-order valence-electron chi connectivity index (χ1n) is 6.18. The number of piperidine rings is 1. The van der Waals surface area contributed by atoms with E-state index in [1.807, 2.05) is 0 Å². The van der Waals surface area contributed by atoms with Gasteiger partial charge in [0, 0.05) is 6.54 Å². The van der Waals surface area contributed by atoms with Crippen LogP contribution in [0.5, 0.6) is 0 Å². The van der Waals surface area contributed by atoms with Crippen LogP contribution in [0.15, 0.2) is 0 Å². The maximum Gasteiger partial charge on any atom is 0.324 e. The number of ether oxygens (including phenoxy) is 1. The van der Waals surface area contributed by atoms with E-state index in [2.05, 4.69) is 12.2 Å². The highest BCUT2D eigenvalue weighted by atomic mass is 16.5. The Morgan fingerprint density at radius 1 is 1.33 bits per heavy atom. The molecule has 1 atom stereocenters. The molecule has 3 nitrogen and oxygen atoms in total. The molecule has 1 aliphatic rings. The minimum absolute atomic E-state index is 0.105. The monoisotopic (exact) mass is 212 g/mol. The van der Waals surface area contributed by atoms with Crippen LogP contribution >= 0.6 is 0 Å². The minimum Gasteiger partial charge on any atom is -0.464 e. The second-order valence-corrected chi connectivity index (χ2v) is 4.15. The summed E-state index contributed by atoms with van der Waals surface area (Å²) in [6.45, 7) is 3.58. The Balaban J connectivity index is 2.02. The fourth-order valence-corrected chi connectivity index (χ4v) is 1.78. The third-order valence-electron chi connectivity index (χ3n) is 2.75. The smallest absolute Gasteiger partial charge is 0.324 e. The molecule has 0 aromatic rings. The Morgan fingerprint density at radius 3 is 2.87 bits per heavy atom. The number of hydrogen-bond donors (Lipinski definition) is 0. The average molecular weight is 212 g/mol. The predicted octanol–water partition coefficient (Wildman–Crippen LogP) is 2.27. The fourth-order valence-electron chi connectivity index (χ4n) is 1.78. The molecule has 0 aromatic heterocycles. The van der Waals surface area contributed by atoms with Gasteiger partial charge in [0.2, 0.25) is 0 Å². The highest BCUT2D eigenvalue weighted by Crippen LogP contribution is 2.10. The van der Waals surface area contributed by atoms with Crippen LogP contribution < -0.4 is 5.32 Å². The third kappa shape index (κ3) is 5.17. The van der Waals surface area contributed by atoms with E-state index in [1.54, 1.807) is 0 Å². The van der Waals surface area contributed by atoms with Crippen molar-refractivity contribution in [1.82, 2.24) is 5.32 Å². The average Bonchev–Trinajstić information content (AvgIpc) is 2.30. The van der Waals surface area contributed by atoms with Crippen molar-refractivity contribution in [2.45, 2.75) is 57.9 Å². The predicted molar refractivity (Wildman–Crippen MR) is 59.7 cm³/mol. The van der Waals surface area contributed by atoms with Gasteiger partial charge in [-0.25, -0.2) is 5.32 Å². The zero-order chi connectivity index (χ0) is 10.9. The molecule has 0 saturated carbocycles. The van der Waals surface area contributed by atoms with Gasteiger partial charge in [0.05, 0.1) is 6.61 Å². The molecule has 1 heterocycles. The van der Waals surface area contributed by atoms with Crippen LogP contribution in [-0.4, -0.2) is 25.2 Å². The van der Waals surface area contributed by atoms with E-state index >= 15 is 0 Å². The number of unbranched alkanes of at least 4 members (excludes halogenated alkanes) is 3. The van der Waals surface area contributed by atoms with Crippen molar-refractivity contribution in [3.63, 3.8) is 0 Å². The minimum atomic E-state index is -0.162. The van der Waals surface area contributed by atoms with E-state index in [0.717, 1.165) is 38.6 Å². The Labute approximate surface area is 92.6 Å². The van der Waals surface area contributed by atoms with Crippen LogP contribution in [0.4, 0.5) is 0 Å². The van der Waals surface area contributed by atoms with Crippen molar-refractivity contribution >= 4 is 5.97 Å². The number of esters is 1. The van der Waals surface area contributed by atoms with Gasteiger partial charge in [-0.3, -0.25) is 4.79 Å². The van der Waals surface area contributed by atoms with Gasteiger partial charge in [-0.1, -0.05) is 26.2 Å². The molecule has 0 spiro atoms. The molecule has 0 bridgehead atoms. The van der Waals surface area contributed by atoms with Crippen LogP contribution in [0, 0.1) is 0 Å². The van der Waals surface area contributed by atoms with Gasteiger partial charge in [0.25, 0.3) is 0 Å². The lowest BCUT2D eigenvalue weighted by Gasteiger charge is -2.19. The van der Waals surface area contributed by atoms with Gasteiger partial charge in [0.1, 0.15) is 6.04 Å². The normalized spacial score (nSPS) is 21.3. The molecule has 87 valence electrons. The van der Waals surface area contributed by atoms with Crippen molar-refractivity contribution < 1.29 is 9.53 Å². The van der Waals surface area contributed by atoms with Crippen LogP contribution in [0.2, 0.25) is 0 Å². The maximum atomic E-state index is 11.5. The second kappa shape index (κ2) is 7.69. The summed E-state index contributed by atoms with van der Waals surface area (Å²) in [4.78, 5) is 11.5. The van der Waals surface area contributed by atoms with E-state index in [9.17, 15) is 4.79 Å². The molecule has 1 unspecified atom stereocenters. The topological polar surface area (TPSA) is 40.4 Å². The molecule has 3 heteroatoms. The quantitative estimate of drug-likeness (QED) is 0.500. The molecule has 1 saturated heterocycles. The van der Waals surface area contributed by atoms with Gasteiger partial charge >= 0.3 is 5.97 Å². The molecule has 1 aliphatic heterocycles. The summed E-state index contributed by atoms with van der Waals surface area (Å²) in [7, 11) is 0. The highest BCUT2D eigenvalue weighted by molar-refractivity contribution is 5.75. The zero-order valence-corrected chi connectivity index (χ0v) is 9.71. The summed E-state index contributed by atoms with van der Waals surface area (Å²) in [6, 6.07) is -0.162. The summed E-state index contributed by atoms with van der Waals surface area (Å²) < 4.78 is 5.20. The van der Waals surface area contributed by atoms with Crippen molar-refractivity contribution in [3.05, 3.63) is 0 Å². The second-order valence-electron chi connectivity index (χ2n) is 4.15. The standard InChI is InChI=1S/C12H22NO2/c1-2-3-4-7-10-15-12(14)11-8-5-6-9-13-11/h11H,2-10H2,1H3. The van der Waals surface area contributed by atoms with Gasteiger partial charge in [0.15, 0.2) is 0 Å². The molecule has 0 aromatic carbocycles. The molecule has 0 N–H and O–H groups in total. The van der Waals surface area contributed by atoms with Gasteiger partial charge in [-0.05, 0) is 25.7 Å². The molecule has 15 heavy (non-hydrogen) atoms. The summed E-state index contributed by atoms with van der Waals surface area (Å²) in [5, 5.41) is 4.27. The molecular formula is C12H22NO2. The lowest BCUT2D eigenvalue weighted by Crippen LogP contribution is -2.36. The number of carbonyl (C=O) groups is 1. The maximum absolute atomic E-state index is 11.5. The number of nitrogens with zero attached hydrogens (tertiary/aromatic N) is 1. The first-order chi connectivity index (χ1) is 7.34. The number of carbonyl (C=O) groups excluding carboxylic acids is 1. The first-order valence-corrected chi connectivity index (χ1v) is 6.18. The Bertz CT molecular complexity index is 176. The van der Waals surface area contributed by atoms with Crippen molar-refractivity contribution in [2.24, 2.45) is 0 Å². The van der Waals surface area contributed by atoms with E-state index in [4.69, 9.17) is 4.74 Å². The third-order valence-corrected chi connectivity index (χ3v) is 2.75. The molecule has 1 radical (unpaired) electrons. The fraction of sp³-hybridized carbons (Fsp3) is 0.917. The zero-order valence-electron chi connectivity index (χ0n) is 9.71. The molecular weight excluding hydrogens is 190 g/mol. The summed E-state index contributed by atoms with van der Waals surface area (Å²) in [5.41, 5.74) is 0. The molecule has 1 fully saturated rings. The lowest BCUT2D eigenvalue weighted by atomic mass is 10.1. The Kier molecular flexibility index (Phi) is 6.41. The lowest BCUT2D eigenvalue weighted by molar-refractivity contribution is -0.147. The molecule has 1 rings (SSSR count). The Hall–Kier alpha value is -0.570. The van der Waals surface area contributed by atoms with Crippen molar-refractivity contribution in [2.75, 3.05) is 13.2 Å². The van der Waals surface area contributed by atoms with Crippen LogP contribution in [0.3, 0.4) is 0 Å². The van der Waals surface area contributed by atoms with Crippen LogP contribution in [-0.2, 0) is 9.53 Å². The van der Waals surface area contributed by atoms with E-state index in [1.165, 1.54) is 12.8 Å². The molecule has 0 aliphatic carbocycles. The van der Waals surface area contributed by atoms with Crippen molar-refractivity contribution in [1.29, 1.82) is 0 Å². The summed E-state index contributed by atoms with van der Waals surface area (Å²) in [6.07, 6.45) is 7.71. The van der Waals surface area contributed by atoms with E-state index < -0.39 is 0 Å². The van der Waals surface area contributed by atoms with E-state index in [0.29, 0.717) is 6.61 Å². The highest BCUT2D eigenvalue weighted by Gasteiger charge is 2.22.